The zero-order valence-electron chi connectivity index (χ0n) is 10.6. The van der Waals surface area contributed by atoms with Crippen molar-refractivity contribution in [1.82, 2.24) is 14.7 Å². The molecule has 20 heavy (non-hydrogen) atoms. The Morgan fingerprint density at radius 2 is 2.00 bits per heavy atom. The fourth-order valence-electron chi connectivity index (χ4n) is 2.01. The van der Waals surface area contributed by atoms with Gasteiger partial charge in [-0.05, 0) is 29.8 Å². The molecule has 0 saturated carbocycles. The molecule has 2 heterocycles. The predicted molar refractivity (Wildman–Crippen MR) is 72.8 cm³/mol. The fourth-order valence-corrected chi connectivity index (χ4v) is 2.01. The fraction of sp³-hybridized carbons (Fsp3) is 0.0667. The van der Waals surface area contributed by atoms with Gasteiger partial charge in [0.1, 0.15) is 17.2 Å². The molecule has 100 valence electrons. The number of carbonyl (C=O) groups is 1. The average Bonchev–Trinajstić information content (AvgIpc) is 2.94. The Kier molecular flexibility index (Phi) is 3.16. The number of hydrogen-bond donors (Lipinski definition) is 1. The van der Waals surface area contributed by atoms with Crippen LogP contribution < -0.4 is 5.32 Å². The lowest BCUT2D eigenvalue weighted by Gasteiger charge is -2.07. The second kappa shape index (κ2) is 5.13. The Bertz CT molecular complexity index is 749. The molecule has 3 rings (SSSR count). The van der Waals surface area contributed by atoms with Crippen LogP contribution in [0.4, 0.5) is 4.39 Å². The van der Waals surface area contributed by atoms with Crippen LogP contribution in [0.15, 0.2) is 54.9 Å². The van der Waals surface area contributed by atoms with E-state index in [4.69, 9.17) is 0 Å². The van der Waals surface area contributed by atoms with Crippen LogP contribution in [0.5, 0.6) is 0 Å². The summed E-state index contributed by atoms with van der Waals surface area (Å²) in [6, 6.07) is 11.4. The lowest BCUT2D eigenvalue weighted by Crippen LogP contribution is -2.24. The SMILES string of the molecule is O=C(NCc1ccc(F)cc1)c1cccc2nccn12. The molecule has 0 bridgehead atoms. The standard InChI is InChI=1S/C15H12FN3O/c16-12-6-4-11(5-7-12)10-18-15(20)13-2-1-3-14-17-8-9-19(13)14/h1-9H,10H2,(H,18,20). The van der Waals surface area contributed by atoms with Gasteiger partial charge in [0.15, 0.2) is 0 Å². The maximum atomic E-state index is 12.8. The van der Waals surface area contributed by atoms with Gasteiger partial charge in [-0.15, -0.1) is 0 Å². The highest BCUT2D eigenvalue weighted by atomic mass is 19.1. The molecule has 0 aliphatic heterocycles. The van der Waals surface area contributed by atoms with Crippen molar-refractivity contribution in [3.8, 4) is 0 Å². The van der Waals surface area contributed by atoms with E-state index in [0.29, 0.717) is 12.2 Å². The zero-order chi connectivity index (χ0) is 13.9. The van der Waals surface area contributed by atoms with Gasteiger partial charge in [0.2, 0.25) is 0 Å². The van der Waals surface area contributed by atoms with E-state index in [2.05, 4.69) is 10.3 Å². The molecule has 3 aromatic rings. The summed E-state index contributed by atoms with van der Waals surface area (Å²) in [6.45, 7) is 0.351. The second-order valence-corrected chi connectivity index (χ2v) is 4.38. The molecule has 1 amide bonds. The smallest absolute Gasteiger partial charge is 0.268 e. The lowest BCUT2D eigenvalue weighted by atomic mass is 10.2. The Morgan fingerprint density at radius 3 is 2.80 bits per heavy atom. The van der Waals surface area contributed by atoms with E-state index in [1.54, 1.807) is 41.1 Å². The number of nitrogens with one attached hydrogen (secondary N) is 1. The number of fused-ring (bicyclic) bond motifs is 1. The van der Waals surface area contributed by atoms with Gasteiger partial charge in [0.25, 0.3) is 5.91 Å². The molecule has 0 radical (unpaired) electrons. The molecule has 2 aromatic heterocycles. The van der Waals surface area contributed by atoms with E-state index in [0.717, 1.165) is 11.2 Å². The van der Waals surface area contributed by atoms with Crippen molar-refractivity contribution in [3.05, 3.63) is 71.9 Å². The monoisotopic (exact) mass is 269 g/mol. The van der Waals surface area contributed by atoms with Crippen LogP contribution in [0.3, 0.4) is 0 Å². The highest BCUT2D eigenvalue weighted by Crippen LogP contribution is 2.07. The molecule has 0 unspecified atom stereocenters. The summed E-state index contributed by atoms with van der Waals surface area (Å²) >= 11 is 0. The number of benzene rings is 1. The molecule has 0 aliphatic rings. The van der Waals surface area contributed by atoms with Crippen LogP contribution in [0.1, 0.15) is 16.1 Å². The number of rotatable bonds is 3. The first-order valence-corrected chi connectivity index (χ1v) is 6.19. The topological polar surface area (TPSA) is 46.4 Å². The summed E-state index contributed by atoms with van der Waals surface area (Å²) < 4.78 is 14.5. The van der Waals surface area contributed by atoms with Crippen molar-refractivity contribution >= 4 is 11.6 Å². The van der Waals surface area contributed by atoms with Gasteiger partial charge in [-0.3, -0.25) is 9.20 Å². The average molecular weight is 269 g/mol. The predicted octanol–water partition coefficient (Wildman–Crippen LogP) is 2.40. The van der Waals surface area contributed by atoms with E-state index in [9.17, 15) is 9.18 Å². The summed E-state index contributed by atoms with van der Waals surface area (Å²) in [7, 11) is 0. The quantitative estimate of drug-likeness (QED) is 0.793. The molecule has 4 nitrogen and oxygen atoms in total. The third-order valence-corrected chi connectivity index (χ3v) is 3.03. The minimum absolute atomic E-state index is 0.196. The van der Waals surface area contributed by atoms with Crippen LogP contribution in [0.2, 0.25) is 0 Å². The van der Waals surface area contributed by atoms with Crippen LogP contribution in [-0.4, -0.2) is 15.3 Å². The minimum Gasteiger partial charge on any atom is -0.347 e. The first-order valence-electron chi connectivity index (χ1n) is 6.19. The summed E-state index contributed by atoms with van der Waals surface area (Å²) in [4.78, 5) is 16.3. The Hall–Kier alpha value is -2.69. The van der Waals surface area contributed by atoms with Crippen molar-refractivity contribution in [2.45, 2.75) is 6.54 Å². The number of nitrogens with zero attached hydrogens (tertiary/aromatic N) is 2. The largest absolute Gasteiger partial charge is 0.347 e. The highest BCUT2D eigenvalue weighted by Gasteiger charge is 2.09. The maximum absolute atomic E-state index is 12.8. The van der Waals surface area contributed by atoms with Crippen molar-refractivity contribution in [1.29, 1.82) is 0 Å². The Balaban J connectivity index is 1.76. The number of halogens is 1. The first kappa shape index (κ1) is 12.3. The van der Waals surface area contributed by atoms with E-state index >= 15 is 0 Å². The number of pyridine rings is 1. The van der Waals surface area contributed by atoms with Crippen LogP contribution in [0, 0.1) is 5.82 Å². The van der Waals surface area contributed by atoms with Gasteiger partial charge < -0.3 is 5.32 Å². The summed E-state index contributed by atoms with van der Waals surface area (Å²) in [5.41, 5.74) is 2.08. The summed E-state index contributed by atoms with van der Waals surface area (Å²) in [5.74, 6) is -0.485. The molecule has 0 saturated heterocycles. The van der Waals surface area contributed by atoms with Crippen molar-refractivity contribution in [2.75, 3.05) is 0 Å². The number of amides is 1. The molecular weight excluding hydrogens is 257 g/mol. The Morgan fingerprint density at radius 1 is 1.20 bits per heavy atom. The van der Waals surface area contributed by atoms with Gasteiger partial charge in [0, 0.05) is 18.9 Å². The van der Waals surface area contributed by atoms with Crippen molar-refractivity contribution in [2.24, 2.45) is 0 Å². The van der Waals surface area contributed by atoms with E-state index in [-0.39, 0.29) is 11.7 Å². The van der Waals surface area contributed by atoms with Crippen molar-refractivity contribution in [3.63, 3.8) is 0 Å². The maximum Gasteiger partial charge on any atom is 0.268 e. The number of hydrogen-bond acceptors (Lipinski definition) is 2. The van der Waals surface area contributed by atoms with E-state index in [1.165, 1.54) is 12.1 Å². The van der Waals surface area contributed by atoms with Crippen LogP contribution >= 0.6 is 0 Å². The highest BCUT2D eigenvalue weighted by molar-refractivity contribution is 5.93. The molecular formula is C15H12FN3O. The number of imidazole rings is 1. The molecule has 1 N–H and O–H groups in total. The third-order valence-electron chi connectivity index (χ3n) is 3.03. The Labute approximate surface area is 114 Å². The van der Waals surface area contributed by atoms with Gasteiger partial charge >= 0.3 is 0 Å². The zero-order valence-corrected chi connectivity index (χ0v) is 10.6. The summed E-state index contributed by atoms with van der Waals surface area (Å²) in [5, 5.41) is 2.81. The van der Waals surface area contributed by atoms with E-state index in [1.807, 2.05) is 6.07 Å². The van der Waals surface area contributed by atoms with Crippen LogP contribution in [0.25, 0.3) is 5.65 Å². The van der Waals surface area contributed by atoms with Gasteiger partial charge in [-0.1, -0.05) is 18.2 Å². The van der Waals surface area contributed by atoms with Gasteiger partial charge in [-0.2, -0.15) is 0 Å². The first-order chi connectivity index (χ1) is 9.74. The van der Waals surface area contributed by atoms with Crippen LogP contribution in [-0.2, 0) is 6.54 Å². The lowest BCUT2D eigenvalue weighted by molar-refractivity contribution is 0.0944. The second-order valence-electron chi connectivity index (χ2n) is 4.38. The molecule has 5 heteroatoms. The molecule has 0 fully saturated rings. The molecule has 0 atom stereocenters. The third kappa shape index (κ3) is 2.38. The number of aromatic nitrogens is 2. The molecule has 0 spiro atoms. The molecule has 0 aliphatic carbocycles. The van der Waals surface area contributed by atoms with Gasteiger partial charge in [-0.25, -0.2) is 9.37 Å². The summed E-state index contributed by atoms with van der Waals surface area (Å²) in [6.07, 6.45) is 3.38. The van der Waals surface area contributed by atoms with E-state index < -0.39 is 0 Å². The number of carbonyl (C=O) groups excluding carboxylic acids is 1. The van der Waals surface area contributed by atoms with Crippen molar-refractivity contribution < 1.29 is 9.18 Å². The van der Waals surface area contributed by atoms with Gasteiger partial charge in [0.05, 0.1) is 0 Å². The normalized spacial score (nSPS) is 10.7. The molecule has 1 aromatic carbocycles. The minimum atomic E-state index is -0.289.